The van der Waals surface area contributed by atoms with Crippen LogP contribution in [0.2, 0.25) is 0 Å². The van der Waals surface area contributed by atoms with Crippen LogP contribution in [-0.2, 0) is 9.47 Å². The van der Waals surface area contributed by atoms with E-state index in [9.17, 15) is 50.0 Å². The van der Waals surface area contributed by atoms with Gasteiger partial charge in [0, 0.05) is 0 Å². The zero-order chi connectivity index (χ0) is 18.2. The molecule has 0 spiro atoms. The highest BCUT2D eigenvalue weighted by atomic mass is 16.7. The summed E-state index contributed by atoms with van der Waals surface area (Å²) in [4.78, 5) is 59.8. The Morgan fingerprint density at radius 3 is 1.30 bits per heavy atom. The van der Waals surface area contributed by atoms with Crippen LogP contribution in [0.15, 0.2) is 0 Å². The van der Waals surface area contributed by atoms with Gasteiger partial charge in [-0.25, -0.2) is 29.8 Å². The molecule has 0 bridgehead atoms. The average Bonchev–Trinajstić information content (AvgIpc) is 2.36. The van der Waals surface area contributed by atoms with E-state index in [0.717, 1.165) is 10.9 Å². The second-order valence-corrected chi connectivity index (χ2v) is 3.39. The first kappa shape index (κ1) is 19.1. The van der Waals surface area contributed by atoms with Gasteiger partial charge in [-0.1, -0.05) is 0 Å². The van der Waals surface area contributed by atoms with Crippen molar-refractivity contribution in [3.8, 4) is 0 Å². The minimum Gasteiger partial charge on any atom is -0.430 e. The van der Waals surface area contributed by atoms with Gasteiger partial charge in [0.05, 0.1) is 0 Å². The third-order valence-electron chi connectivity index (χ3n) is 1.91. The lowest BCUT2D eigenvalue weighted by Gasteiger charge is -2.16. The van der Waals surface area contributed by atoms with Crippen molar-refractivity contribution >= 4 is 12.2 Å². The topological polar surface area (TPSA) is 249 Å². The molecule has 0 aromatic carbocycles. The van der Waals surface area contributed by atoms with Crippen LogP contribution in [0.25, 0.3) is 0 Å². The zero-order valence-electron chi connectivity index (χ0n) is 10.6. The molecular formula is C5H6N6O12. The van der Waals surface area contributed by atoms with Gasteiger partial charge in [-0.2, -0.15) is 0 Å². The number of carbonyl (C=O) groups excluding carboxylic acids is 2. The van der Waals surface area contributed by atoms with Crippen molar-refractivity contribution in [2.24, 2.45) is 0 Å². The van der Waals surface area contributed by atoms with Gasteiger partial charge in [0.15, 0.2) is 10.1 Å². The summed E-state index contributed by atoms with van der Waals surface area (Å²) in [7, 11) is 0. The summed E-state index contributed by atoms with van der Waals surface area (Å²) in [6.07, 6.45) is -3.73. The van der Waals surface area contributed by atoms with Gasteiger partial charge >= 0.3 is 17.8 Å². The van der Waals surface area contributed by atoms with Crippen LogP contribution in [-0.4, -0.2) is 51.0 Å². The molecule has 0 fully saturated rings. The van der Waals surface area contributed by atoms with Gasteiger partial charge in [-0.3, -0.25) is 20.2 Å². The molecule has 0 saturated carbocycles. The Kier molecular flexibility index (Phi) is 6.49. The molecule has 0 aliphatic heterocycles. The predicted octanol–water partition coefficient (Wildman–Crippen LogP) is -1.93. The monoisotopic (exact) mass is 342 g/mol. The third-order valence-corrected chi connectivity index (χ3v) is 1.91. The molecule has 2 N–H and O–H groups in total. The van der Waals surface area contributed by atoms with E-state index < -0.39 is 51.0 Å². The Bertz CT molecular complexity index is 496. The first-order valence-corrected chi connectivity index (χ1v) is 4.96. The minimum absolute atomic E-state index is 0.891. The number of amides is 2. The van der Waals surface area contributed by atoms with Crippen molar-refractivity contribution in [1.82, 2.24) is 10.9 Å². The fraction of sp³-hybridized carbons (Fsp3) is 0.600. The number of carbonyl (C=O) groups is 2. The highest BCUT2D eigenvalue weighted by molar-refractivity contribution is 5.66. The van der Waals surface area contributed by atoms with Crippen molar-refractivity contribution in [2.45, 2.75) is 5.66 Å². The second-order valence-electron chi connectivity index (χ2n) is 3.39. The normalized spacial score (nSPS) is 10.1. The highest BCUT2D eigenvalue weighted by Crippen LogP contribution is 2.13. The number of nitrogens with zero attached hydrogens (tertiary/aromatic N) is 4. The summed E-state index contributed by atoms with van der Waals surface area (Å²) in [5, 5.41) is 38.6. The lowest BCUT2D eigenvalue weighted by Crippen LogP contribution is -2.55. The quantitative estimate of drug-likeness (QED) is 0.278. The molecule has 0 heterocycles. The summed E-state index contributed by atoms with van der Waals surface area (Å²) in [5.74, 6) is 0. The van der Waals surface area contributed by atoms with Gasteiger partial charge < -0.3 is 9.47 Å². The molecule has 0 atom stereocenters. The fourth-order valence-corrected chi connectivity index (χ4v) is 0.895. The van der Waals surface area contributed by atoms with Crippen LogP contribution in [0, 0.1) is 40.5 Å². The van der Waals surface area contributed by atoms with E-state index in [2.05, 4.69) is 9.47 Å². The van der Waals surface area contributed by atoms with E-state index in [0.29, 0.717) is 0 Å². The number of hydrazine groups is 2. The minimum atomic E-state index is -3.43. The van der Waals surface area contributed by atoms with Crippen LogP contribution in [0.1, 0.15) is 0 Å². The fourth-order valence-electron chi connectivity index (χ4n) is 0.895. The molecule has 0 aromatic rings. The van der Waals surface area contributed by atoms with Crippen LogP contribution in [0.4, 0.5) is 9.59 Å². The Balaban J connectivity index is 5.03. The van der Waals surface area contributed by atoms with Crippen molar-refractivity contribution in [3.05, 3.63) is 40.5 Å². The number of hydrogen-bond donors (Lipinski definition) is 2. The van der Waals surface area contributed by atoms with Gasteiger partial charge in [0.2, 0.25) is 13.2 Å². The number of rotatable bonds is 8. The molecule has 0 rings (SSSR count). The largest absolute Gasteiger partial charge is 0.523 e. The Labute approximate surface area is 122 Å². The SMILES string of the molecule is O=C(N[N+](=O)[O-])OCC(COC(=O)N[N+](=O)[O-])([N+](=O)[O-])[N+](=O)[O-]. The molecule has 2 amide bonds. The number of nitro groups is 4. The van der Waals surface area contributed by atoms with Crippen molar-refractivity contribution in [2.75, 3.05) is 13.2 Å². The van der Waals surface area contributed by atoms with Crippen LogP contribution in [0.3, 0.4) is 0 Å². The summed E-state index contributed by atoms with van der Waals surface area (Å²) in [6, 6.07) is 0. The molecule has 0 aliphatic rings. The lowest BCUT2D eigenvalue weighted by molar-refractivity contribution is -0.799. The Hall–Kier alpha value is -3.86. The lowest BCUT2D eigenvalue weighted by atomic mass is 10.2. The van der Waals surface area contributed by atoms with Gasteiger partial charge in [-0.15, -0.1) is 0 Å². The first-order chi connectivity index (χ1) is 10.5. The highest BCUT2D eigenvalue weighted by Gasteiger charge is 2.59. The van der Waals surface area contributed by atoms with E-state index in [1.54, 1.807) is 0 Å². The van der Waals surface area contributed by atoms with Crippen molar-refractivity contribution in [1.29, 1.82) is 0 Å². The van der Waals surface area contributed by atoms with E-state index in [1.807, 2.05) is 0 Å². The molecular weight excluding hydrogens is 336 g/mol. The van der Waals surface area contributed by atoms with E-state index >= 15 is 0 Å². The van der Waals surface area contributed by atoms with E-state index in [4.69, 9.17) is 0 Å². The number of ether oxygens (including phenoxy) is 2. The summed E-state index contributed by atoms with van der Waals surface area (Å²) >= 11 is 0. The van der Waals surface area contributed by atoms with E-state index in [1.165, 1.54) is 0 Å². The van der Waals surface area contributed by atoms with E-state index in [-0.39, 0.29) is 0 Å². The predicted molar refractivity (Wildman–Crippen MR) is 59.7 cm³/mol. The van der Waals surface area contributed by atoms with Crippen LogP contribution >= 0.6 is 0 Å². The van der Waals surface area contributed by atoms with Gasteiger partial charge in [0.25, 0.3) is 0 Å². The molecule has 0 aromatic heterocycles. The van der Waals surface area contributed by atoms with Gasteiger partial charge in [-0.05, 0) is 10.9 Å². The second kappa shape index (κ2) is 7.80. The summed E-state index contributed by atoms with van der Waals surface area (Å²) < 4.78 is 7.87. The van der Waals surface area contributed by atoms with Crippen molar-refractivity contribution < 1.29 is 39.0 Å². The maximum atomic E-state index is 10.8. The molecule has 0 saturated heterocycles. The molecule has 18 nitrogen and oxygen atoms in total. The molecule has 0 aliphatic carbocycles. The standard InChI is InChI=1S/C5H6N6O12/c12-3(6-10(18)19)22-1-5(8(14)15,9(16)17)2-23-4(13)7-11(20)21/h1-2H2,(H,6,12)(H,7,13). The first-order valence-electron chi connectivity index (χ1n) is 4.96. The molecule has 0 radical (unpaired) electrons. The third kappa shape index (κ3) is 5.97. The smallest absolute Gasteiger partial charge is 0.430 e. The summed E-state index contributed by atoms with van der Waals surface area (Å²) in [5.41, 5.74) is -1.65. The maximum absolute atomic E-state index is 10.8. The van der Waals surface area contributed by atoms with Crippen LogP contribution < -0.4 is 10.9 Å². The van der Waals surface area contributed by atoms with Crippen molar-refractivity contribution in [3.63, 3.8) is 0 Å². The molecule has 18 heteroatoms. The average molecular weight is 342 g/mol. The summed E-state index contributed by atoms with van der Waals surface area (Å²) in [6.45, 7) is -3.34. The molecule has 23 heavy (non-hydrogen) atoms. The van der Waals surface area contributed by atoms with Crippen LogP contribution in [0.5, 0.6) is 0 Å². The zero-order valence-corrected chi connectivity index (χ0v) is 10.6. The van der Waals surface area contributed by atoms with Gasteiger partial charge in [0.1, 0.15) is 9.85 Å². The Morgan fingerprint density at radius 1 is 0.783 bits per heavy atom. The Morgan fingerprint density at radius 2 is 1.09 bits per heavy atom. The maximum Gasteiger partial charge on any atom is 0.523 e. The number of nitrogens with one attached hydrogen (secondary N) is 2. The number of hydrogen-bond acceptors (Lipinski definition) is 12. The molecule has 128 valence electrons. The molecule has 0 unspecified atom stereocenters.